The van der Waals surface area contributed by atoms with Crippen LogP contribution in [0.4, 0.5) is 0 Å². The van der Waals surface area contributed by atoms with Crippen LogP contribution < -0.4 is 5.73 Å². The van der Waals surface area contributed by atoms with Crippen LogP contribution in [0.15, 0.2) is 32.7 Å². The highest BCUT2D eigenvalue weighted by Gasteiger charge is 2.09. The van der Waals surface area contributed by atoms with Crippen LogP contribution in [0.2, 0.25) is 5.02 Å². The van der Waals surface area contributed by atoms with Crippen LogP contribution in [-0.4, -0.2) is 10.2 Å². The van der Waals surface area contributed by atoms with Crippen LogP contribution in [0.1, 0.15) is 24.4 Å². The fourth-order valence-corrected chi connectivity index (χ4v) is 2.54. The van der Waals surface area contributed by atoms with Gasteiger partial charge in [0.15, 0.2) is 0 Å². The predicted octanol–water partition coefficient (Wildman–Crippen LogP) is 3.20. The molecular weight excluding hydrogens is 258 g/mol. The summed E-state index contributed by atoms with van der Waals surface area (Å²) >= 11 is 7.51. The number of rotatable bonds is 3. The summed E-state index contributed by atoms with van der Waals surface area (Å²) in [5, 5.41) is 8.83. The van der Waals surface area contributed by atoms with Crippen molar-refractivity contribution in [2.75, 3.05) is 0 Å². The van der Waals surface area contributed by atoms with Crippen molar-refractivity contribution < 1.29 is 4.42 Å². The van der Waals surface area contributed by atoms with Crippen molar-refractivity contribution in [1.82, 2.24) is 10.2 Å². The quantitative estimate of drug-likeness (QED) is 0.927. The Labute approximate surface area is 109 Å². The van der Waals surface area contributed by atoms with Crippen molar-refractivity contribution in [3.05, 3.63) is 34.7 Å². The summed E-state index contributed by atoms with van der Waals surface area (Å²) in [4.78, 5) is 0.947. The first-order chi connectivity index (χ1) is 8.06. The predicted molar refractivity (Wildman–Crippen MR) is 67.2 cm³/mol. The van der Waals surface area contributed by atoms with Gasteiger partial charge in [-0.15, -0.1) is 10.2 Å². The van der Waals surface area contributed by atoms with Gasteiger partial charge in [0.2, 0.25) is 5.89 Å². The van der Waals surface area contributed by atoms with Gasteiger partial charge >= 0.3 is 0 Å². The third kappa shape index (κ3) is 3.00. The van der Waals surface area contributed by atoms with E-state index in [0.29, 0.717) is 16.1 Å². The number of nitrogens with two attached hydrogens (primary N) is 1. The largest absolute Gasteiger partial charge is 0.416 e. The van der Waals surface area contributed by atoms with E-state index in [4.69, 9.17) is 21.8 Å². The first-order valence-electron chi connectivity index (χ1n) is 5.09. The third-order valence-corrected chi connectivity index (χ3v) is 3.33. The summed E-state index contributed by atoms with van der Waals surface area (Å²) in [7, 11) is 0. The summed E-state index contributed by atoms with van der Waals surface area (Å²) in [5.41, 5.74) is 6.72. The van der Waals surface area contributed by atoms with E-state index in [9.17, 15) is 0 Å². The van der Waals surface area contributed by atoms with Crippen LogP contribution in [0.5, 0.6) is 0 Å². The highest BCUT2D eigenvalue weighted by molar-refractivity contribution is 7.99. The molecule has 2 rings (SSSR count). The lowest BCUT2D eigenvalue weighted by Gasteiger charge is -2.08. The second kappa shape index (κ2) is 5.08. The molecule has 0 fully saturated rings. The van der Waals surface area contributed by atoms with E-state index >= 15 is 0 Å². The minimum atomic E-state index is -0.0767. The zero-order valence-electron chi connectivity index (χ0n) is 9.48. The summed E-state index contributed by atoms with van der Waals surface area (Å²) in [6.07, 6.45) is 0. The molecular formula is C11H12ClN3OS. The molecule has 0 aliphatic carbocycles. The Morgan fingerprint density at radius 3 is 2.71 bits per heavy atom. The molecule has 2 N–H and O–H groups in total. The number of halogens is 1. The molecule has 0 bridgehead atoms. The average Bonchev–Trinajstić information content (AvgIpc) is 2.63. The Balaban J connectivity index is 2.20. The Kier molecular flexibility index (Phi) is 3.71. The molecule has 1 unspecified atom stereocenters. The van der Waals surface area contributed by atoms with Crippen molar-refractivity contribution in [2.24, 2.45) is 5.73 Å². The molecule has 1 atom stereocenters. The second-order valence-electron chi connectivity index (χ2n) is 3.66. The molecule has 0 spiro atoms. The number of hydrogen-bond acceptors (Lipinski definition) is 5. The lowest BCUT2D eigenvalue weighted by molar-refractivity contribution is 0.429. The average molecular weight is 270 g/mol. The third-order valence-electron chi connectivity index (χ3n) is 2.18. The molecule has 1 aromatic heterocycles. The summed E-state index contributed by atoms with van der Waals surface area (Å²) in [5.74, 6) is 0.547. The molecule has 6 heteroatoms. The minimum absolute atomic E-state index is 0.0767. The van der Waals surface area contributed by atoms with Crippen LogP contribution in [0, 0.1) is 6.92 Å². The van der Waals surface area contributed by atoms with Crippen LogP contribution in [-0.2, 0) is 0 Å². The van der Waals surface area contributed by atoms with E-state index < -0.39 is 0 Å². The van der Waals surface area contributed by atoms with Crippen molar-refractivity contribution in [1.29, 1.82) is 0 Å². The van der Waals surface area contributed by atoms with Gasteiger partial charge in [0.05, 0.1) is 0 Å². The van der Waals surface area contributed by atoms with Crippen LogP contribution in [0.25, 0.3) is 0 Å². The molecule has 1 aromatic carbocycles. The molecule has 0 radical (unpaired) electrons. The first kappa shape index (κ1) is 12.4. The van der Waals surface area contributed by atoms with Gasteiger partial charge in [0, 0.05) is 22.9 Å². The molecule has 17 heavy (non-hydrogen) atoms. The standard InChI is InChI=1S/C11H12ClN3OS/c1-6(13)9-4-3-8(5-10(9)12)17-11-15-14-7(2)16-11/h3-6H,13H2,1-2H3. The van der Waals surface area contributed by atoms with E-state index in [0.717, 1.165) is 10.5 Å². The van der Waals surface area contributed by atoms with Gasteiger partial charge in [0.1, 0.15) is 0 Å². The molecule has 1 heterocycles. The lowest BCUT2D eigenvalue weighted by atomic mass is 10.1. The highest BCUT2D eigenvalue weighted by Crippen LogP contribution is 2.31. The Hall–Kier alpha value is -1.04. The van der Waals surface area contributed by atoms with Gasteiger partial charge in [-0.05, 0) is 36.4 Å². The van der Waals surface area contributed by atoms with Gasteiger partial charge in [-0.3, -0.25) is 0 Å². The summed E-state index contributed by atoms with van der Waals surface area (Å²) in [6.45, 7) is 3.65. The zero-order chi connectivity index (χ0) is 12.4. The molecule has 0 amide bonds. The highest BCUT2D eigenvalue weighted by atomic mass is 35.5. The van der Waals surface area contributed by atoms with Gasteiger partial charge in [0.25, 0.3) is 5.22 Å². The SMILES string of the molecule is Cc1nnc(Sc2ccc(C(C)N)c(Cl)c2)o1. The first-order valence-corrected chi connectivity index (χ1v) is 6.28. The Morgan fingerprint density at radius 2 is 2.18 bits per heavy atom. The van der Waals surface area contributed by atoms with E-state index in [-0.39, 0.29) is 6.04 Å². The zero-order valence-corrected chi connectivity index (χ0v) is 11.0. The van der Waals surface area contributed by atoms with Crippen LogP contribution >= 0.6 is 23.4 Å². The van der Waals surface area contributed by atoms with E-state index in [1.807, 2.05) is 25.1 Å². The van der Waals surface area contributed by atoms with Crippen molar-refractivity contribution >= 4 is 23.4 Å². The number of hydrogen-bond donors (Lipinski definition) is 1. The molecule has 2 aromatic rings. The molecule has 0 aliphatic rings. The lowest BCUT2D eigenvalue weighted by Crippen LogP contribution is -2.05. The van der Waals surface area contributed by atoms with Gasteiger partial charge in [-0.2, -0.15) is 0 Å². The Bertz CT molecular complexity index is 527. The molecule has 4 nitrogen and oxygen atoms in total. The molecule has 0 saturated heterocycles. The molecule has 0 saturated carbocycles. The van der Waals surface area contributed by atoms with E-state index in [1.165, 1.54) is 11.8 Å². The van der Waals surface area contributed by atoms with E-state index in [1.54, 1.807) is 6.92 Å². The maximum absolute atomic E-state index is 6.14. The monoisotopic (exact) mass is 269 g/mol. The van der Waals surface area contributed by atoms with Gasteiger partial charge in [-0.25, -0.2) is 0 Å². The fourth-order valence-electron chi connectivity index (χ4n) is 1.36. The second-order valence-corrected chi connectivity index (χ2v) is 5.09. The molecule has 0 aliphatic heterocycles. The van der Waals surface area contributed by atoms with Crippen molar-refractivity contribution in [2.45, 2.75) is 30.0 Å². The maximum atomic E-state index is 6.14. The number of nitrogens with zero attached hydrogens (tertiary/aromatic N) is 2. The fraction of sp³-hybridized carbons (Fsp3) is 0.273. The van der Waals surface area contributed by atoms with Crippen molar-refractivity contribution in [3.63, 3.8) is 0 Å². The number of benzene rings is 1. The van der Waals surface area contributed by atoms with E-state index in [2.05, 4.69) is 10.2 Å². The summed E-state index contributed by atoms with van der Waals surface area (Å²) in [6, 6.07) is 5.63. The number of aromatic nitrogens is 2. The summed E-state index contributed by atoms with van der Waals surface area (Å²) < 4.78 is 5.28. The van der Waals surface area contributed by atoms with Crippen molar-refractivity contribution in [3.8, 4) is 0 Å². The number of aryl methyl sites for hydroxylation is 1. The topological polar surface area (TPSA) is 64.9 Å². The Morgan fingerprint density at radius 1 is 1.41 bits per heavy atom. The van der Waals surface area contributed by atoms with Crippen LogP contribution in [0.3, 0.4) is 0 Å². The minimum Gasteiger partial charge on any atom is -0.416 e. The normalized spacial score (nSPS) is 12.7. The van der Waals surface area contributed by atoms with Gasteiger partial charge < -0.3 is 10.2 Å². The molecule has 90 valence electrons. The smallest absolute Gasteiger partial charge is 0.281 e. The van der Waals surface area contributed by atoms with Gasteiger partial charge in [-0.1, -0.05) is 17.7 Å². The maximum Gasteiger partial charge on any atom is 0.281 e.